The van der Waals surface area contributed by atoms with Crippen LogP contribution in [0.4, 0.5) is 0 Å². The smallest absolute Gasteiger partial charge is 0.313 e. The van der Waals surface area contributed by atoms with Gasteiger partial charge in [-0.25, -0.2) is 0 Å². The van der Waals surface area contributed by atoms with E-state index in [1.807, 2.05) is 28.8 Å². The van der Waals surface area contributed by atoms with Crippen LogP contribution in [0.5, 0.6) is 5.75 Å². The summed E-state index contributed by atoms with van der Waals surface area (Å²) < 4.78 is 7.11. The van der Waals surface area contributed by atoms with Crippen molar-refractivity contribution in [1.29, 1.82) is 0 Å². The Balaban J connectivity index is 1.96. The Kier molecular flexibility index (Phi) is 3.83. The zero-order chi connectivity index (χ0) is 14.8. The Hall–Kier alpha value is -2.02. The van der Waals surface area contributed by atoms with Gasteiger partial charge in [-0.2, -0.15) is 0 Å². The molecule has 0 aliphatic heterocycles. The second kappa shape index (κ2) is 5.77. The highest BCUT2D eigenvalue weighted by Gasteiger charge is 2.31. The van der Waals surface area contributed by atoms with Gasteiger partial charge in [0.15, 0.2) is 5.16 Å². The van der Waals surface area contributed by atoms with E-state index in [-0.39, 0.29) is 5.75 Å². The molecule has 1 N–H and O–H groups in total. The molecule has 1 fully saturated rings. The molecule has 1 aliphatic carbocycles. The first-order chi connectivity index (χ1) is 10.2. The number of rotatable bonds is 6. The van der Waals surface area contributed by atoms with Crippen molar-refractivity contribution < 1.29 is 14.6 Å². The monoisotopic (exact) mass is 305 g/mol. The molecule has 6 nitrogen and oxygen atoms in total. The first-order valence-corrected chi connectivity index (χ1v) is 7.62. The van der Waals surface area contributed by atoms with Crippen molar-refractivity contribution in [2.45, 2.75) is 23.9 Å². The summed E-state index contributed by atoms with van der Waals surface area (Å²) in [6.45, 7) is 0. The van der Waals surface area contributed by atoms with Crippen LogP contribution in [0.15, 0.2) is 29.4 Å². The number of methoxy groups -OCH3 is 1. The maximum atomic E-state index is 10.8. The number of carboxylic acid groups (broad SMARTS) is 1. The van der Waals surface area contributed by atoms with Crippen molar-refractivity contribution in [2.75, 3.05) is 12.9 Å². The van der Waals surface area contributed by atoms with Crippen molar-refractivity contribution >= 4 is 17.7 Å². The van der Waals surface area contributed by atoms with E-state index in [1.165, 1.54) is 11.8 Å². The summed E-state index contributed by atoms with van der Waals surface area (Å²) in [6.07, 6.45) is 2.22. The van der Waals surface area contributed by atoms with E-state index in [0.29, 0.717) is 11.1 Å². The number of carboxylic acids is 1. The van der Waals surface area contributed by atoms with Crippen LogP contribution in [-0.2, 0) is 4.79 Å². The lowest BCUT2D eigenvalue weighted by Gasteiger charge is -2.10. The first-order valence-electron chi connectivity index (χ1n) is 6.63. The van der Waals surface area contributed by atoms with E-state index >= 15 is 0 Å². The third-order valence-electron chi connectivity index (χ3n) is 3.26. The van der Waals surface area contributed by atoms with Crippen LogP contribution in [0.2, 0.25) is 0 Å². The summed E-state index contributed by atoms with van der Waals surface area (Å²) in [5.74, 6) is 1.22. The zero-order valence-electron chi connectivity index (χ0n) is 11.5. The number of aromatic nitrogens is 3. The highest BCUT2D eigenvalue weighted by atomic mass is 32.2. The minimum absolute atomic E-state index is 0.0288. The molecule has 0 spiro atoms. The van der Waals surface area contributed by atoms with Gasteiger partial charge in [-0.05, 0) is 37.1 Å². The Bertz CT molecular complexity index is 650. The molecular weight excluding hydrogens is 290 g/mol. The fourth-order valence-corrected chi connectivity index (χ4v) is 2.76. The summed E-state index contributed by atoms with van der Waals surface area (Å²) in [5.41, 5.74) is 0.926. The average molecular weight is 305 g/mol. The first kappa shape index (κ1) is 13.9. The molecule has 0 bridgehead atoms. The number of benzene rings is 1. The normalized spacial score (nSPS) is 14.1. The molecule has 1 saturated carbocycles. The van der Waals surface area contributed by atoms with E-state index < -0.39 is 5.97 Å². The zero-order valence-corrected chi connectivity index (χ0v) is 12.3. The maximum Gasteiger partial charge on any atom is 0.313 e. The van der Waals surface area contributed by atoms with Gasteiger partial charge in [0.25, 0.3) is 0 Å². The molecule has 2 aromatic rings. The summed E-state index contributed by atoms with van der Waals surface area (Å²) in [7, 11) is 1.62. The van der Waals surface area contributed by atoms with Crippen LogP contribution in [0, 0.1) is 0 Å². The molecule has 0 atom stereocenters. The average Bonchev–Trinajstić information content (AvgIpc) is 3.25. The Morgan fingerprint density at radius 2 is 2.10 bits per heavy atom. The van der Waals surface area contributed by atoms with Gasteiger partial charge in [0.1, 0.15) is 11.6 Å². The fraction of sp³-hybridized carbons (Fsp3) is 0.357. The quantitative estimate of drug-likeness (QED) is 0.825. The highest BCUT2D eigenvalue weighted by molar-refractivity contribution is 7.99. The maximum absolute atomic E-state index is 10.8. The van der Waals surface area contributed by atoms with Gasteiger partial charge in [-0.3, -0.25) is 9.36 Å². The summed E-state index contributed by atoms with van der Waals surface area (Å²) in [6, 6.07) is 7.60. The molecule has 0 amide bonds. The molecule has 3 rings (SSSR count). The van der Waals surface area contributed by atoms with Crippen LogP contribution in [0.25, 0.3) is 5.69 Å². The van der Waals surface area contributed by atoms with Crippen molar-refractivity contribution in [3.8, 4) is 11.4 Å². The van der Waals surface area contributed by atoms with Gasteiger partial charge in [0, 0.05) is 11.6 Å². The van der Waals surface area contributed by atoms with Gasteiger partial charge < -0.3 is 9.84 Å². The molecule has 1 aromatic carbocycles. The molecular formula is C14H15N3O3S. The lowest BCUT2D eigenvalue weighted by Crippen LogP contribution is -2.04. The number of aliphatic carboxylic acids is 1. The van der Waals surface area contributed by atoms with E-state index in [1.54, 1.807) is 7.11 Å². The van der Waals surface area contributed by atoms with Crippen molar-refractivity contribution in [3.05, 3.63) is 30.1 Å². The van der Waals surface area contributed by atoms with Crippen LogP contribution in [0.3, 0.4) is 0 Å². The molecule has 110 valence electrons. The summed E-state index contributed by atoms with van der Waals surface area (Å²) in [5, 5.41) is 17.8. The SMILES string of the molecule is COc1ccc(-n2c(SCC(=O)O)nnc2C2CC2)cc1. The minimum atomic E-state index is -0.864. The van der Waals surface area contributed by atoms with E-state index in [2.05, 4.69) is 10.2 Å². The molecule has 1 aromatic heterocycles. The highest BCUT2D eigenvalue weighted by Crippen LogP contribution is 2.41. The third kappa shape index (κ3) is 3.02. The topological polar surface area (TPSA) is 77.2 Å². The molecule has 21 heavy (non-hydrogen) atoms. The second-order valence-electron chi connectivity index (χ2n) is 4.83. The molecule has 0 unspecified atom stereocenters. The van der Waals surface area contributed by atoms with Crippen LogP contribution >= 0.6 is 11.8 Å². The Labute approximate surface area is 126 Å². The van der Waals surface area contributed by atoms with E-state index in [9.17, 15) is 4.79 Å². The predicted octanol–water partition coefficient (Wildman–Crippen LogP) is 2.33. The Morgan fingerprint density at radius 3 is 2.67 bits per heavy atom. The lowest BCUT2D eigenvalue weighted by atomic mass is 10.3. The standard InChI is InChI=1S/C14H15N3O3S/c1-20-11-6-4-10(5-7-11)17-13(9-2-3-9)15-16-14(17)21-8-12(18)19/h4-7,9H,2-3,8H2,1H3,(H,18,19). The van der Waals surface area contributed by atoms with E-state index in [4.69, 9.17) is 9.84 Å². The van der Waals surface area contributed by atoms with E-state index in [0.717, 1.165) is 30.1 Å². The van der Waals surface area contributed by atoms with Crippen LogP contribution in [0.1, 0.15) is 24.6 Å². The van der Waals surface area contributed by atoms with Crippen LogP contribution in [-0.4, -0.2) is 38.7 Å². The number of hydrogen-bond donors (Lipinski definition) is 1. The number of ether oxygens (including phenoxy) is 1. The molecule has 0 saturated heterocycles. The number of nitrogens with zero attached hydrogens (tertiary/aromatic N) is 3. The fourth-order valence-electron chi connectivity index (χ4n) is 2.08. The number of carbonyl (C=O) groups is 1. The number of hydrogen-bond acceptors (Lipinski definition) is 5. The van der Waals surface area contributed by atoms with Gasteiger partial charge in [0.05, 0.1) is 12.9 Å². The van der Waals surface area contributed by atoms with Gasteiger partial charge in [-0.1, -0.05) is 11.8 Å². The van der Waals surface area contributed by atoms with Gasteiger partial charge >= 0.3 is 5.97 Å². The van der Waals surface area contributed by atoms with Gasteiger partial charge in [-0.15, -0.1) is 10.2 Å². The van der Waals surface area contributed by atoms with Crippen molar-refractivity contribution in [3.63, 3.8) is 0 Å². The van der Waals surface area contributed by atoms with Crippen LogP contribution < -0.4 is 4.74 Å². The Morgan fingerprint density at radius 1 is 1.38 bits per heavy atom. The van der Waals surface area contributed by atoms with Gasteiger partial charge in [0.2, 0.25) is 0 Å². The number of thioether (sulfide) groups is 1. The summed E-state index contributed by atoms with van der Waals surface area (Å²) in [4.78, 5) is 10.8. The second-order valence-corrected chi connectivity index (χ2v) is 5.77. The molecule has 7 heteroatoms. The molecule has 1 heterocycles. The summed E-state index contributed by atoms with van der Waals surface area (Å²) >= 11 is 1.18. The predicted molar refractivity (Wildman–Crippen MR) is 78.2 cm³/mol. The molecule has 1 aliphatic rings. The lowest BCUT2D eigenvalue weighted by molar-refractivity contribution is -0.133. The minimum Gasteiger partial charge on any atom is -0.497 e. The third-order valence-corrected chi connectivity index (χ3v) is 4.17. The largest absolute Gasteiger partial charge is 0.497 e. The van der Waals surface area contributed by atoms with Crippen molar-refractivity contribution in [2.24, 2.45) is 0 Å². The van der Waals surface area contributed by atoms with Crippen molar-refractivity contribution in [1.82, 2.24) is 14.8 Å². The molecule has 0 radical (unpaired) electrons.